The highest BCUT2D eigenvalue weighted by Crippen LogP contribution is 2.25. The summed E-state index contributed by atoms with van der Waals surface area (Å²) in [4.78, 5) is 21.9. The van der Waals surface area contributed by atoms with Gasteiger partial charge in [0.1, 0.15) is 6.10 Å². The molecule has 0 saturated carbocycles. The number of rotatable bonds is 8. The summed E-state index contributed by atoms with van der Waals surface area (Å²) in [5, 5.41) is 11.4. The number of amides is 1. The number of carbonyl (C=O) groups is 2. The van der Waals surface area contributed by atoms with Crippen molar-refractivity contribution in [3.8, 4) is 0 Å². The standard InChI is InChI=1S/C12H23NO4/c1-9(17-4)11(16)13-8-7-12(2,3)6-5-10(14)15/h9H,5-8H2,1-4H3,(H,13,16)(H,14,15). The number of carboxylic acid groups (broad SMARTS) is 1. The molecule has 0 aromatic rings. The van der Waals surface area contributed by atoms with Gasteiger partial charge < -0.3 is 15.2 Å². The smallest absolute Gasteiger partial charge is 0.303 e. The second-order valence-electron chi connectivity index (χ2n) is 4.98. The van der Waals surface area contributed by atoms with Gasteiger partial charge in [0.05, 0.1) is 0 Å². The third-order valence-corrected chi connectivity index (χ3v) is 2.84. The van der Waals surface area contributed by atoms with Crippen LogP contribution in [0.1, 0.15) is 40.0 Å². The molecule has 0 aliphatic carbocycles. The van der Waals surface area contributed by atoms with Gasteiger partial charge in [-0.25, -0.2) is 0 Å². The summed E-state index contributed by atoms with van der Waals surface area (Å²) in [6, 6.07) is 0. The molecule has 5 nitrogen and oxygen atoms in total. The Morgan fingerprint density at radius 1 is 1.35 bits per heavy atom. The molecule has 0 aliphatic heterocycles. The Kier molecular flexibility index (Phi) is 6.80. The molecule has 0 aromatic heterocycles. The van der Waals surface area contributed by atoms with Crippen LogP contribution in [-0.4, -0.2) is 36.7 Å². The molecular formula is C12H23NO4. The van der Waals surface area contributed by atoms with Crippen molar-refractivity contribution < 1.29 is 19.4 Å². The minimum absolute atomic E-state index is 0.0814. The number of hydrogen-bond acceptors (Lipinski definition) is 3. The van der Waals surface area contributed by atoms with E-state index in [1.165, 1.54) is 7.11 Å². The largest absolute Gasteiger partial charge is 0.481 e. The van der Waals surface area contributed by atoms with Crippen molar-refractivity contribution in [3.05, 3.63) is 0 Å². The van der Waals surface area contributed by atoms with Gasteiger partial charge in [0.15, 0.2) is 0 Å². The zero-order valence-electron chi connectivity index (χ0n) is 11.1. The van der Waals surface area contributed by atoms with Gasteiger partial charge in [0.2, 0.25) is 5.91 Å². The lowest BCUT2D eigenvalue weighted by Gasteiger charge is -2.24. The fraction of sp³-hybridized carbons (Fsp3) is 0.833. The van der Waals surface area contributed by atoms with Gasteiger partial charge in [-0.15, -0.1) is 0 Å². The quantitative estimate of drug-likeness (QED) is 0.678. The van der Waals surface area contributed by atoms with E-state index in [1.54, 1.807) is 6.92 Å². The first kappa shape index (κ1) is 15.9. The molecule has 0 rings (SSSR count). The van der Waals surface area contributed by atoms with Crippen LogP contribution in [0, 0.1) is 5.41 Å². The number of nitrogens with one attached hydrogen (secondary N) is 1. The van der Waals surface area contributed by atoms with E-state index in [0.717, 1.165) is 6.42 Å². The number of hydrogen-bond donors (Lipinski definition) is 2. The Balaban J connectivity index is 3.86. The number of carbonyl (C=O) groups excluding carboxylic acids is 1. The molecule has 0 bridgehead atoms. The second kappa shape index (κ2) is 7.27. The van der Waals surface area contributed by atoms with Crippen LogP contribution >= 0.6 is 0 Å². The second-order valence-corrected chi connectivity index (χ2v) is 4.98. The van der Waals surface area contributed by atoms with Crippen LogP contribution < -0.4 is 5.32 Å². The van der Waals surface area contributed by atoms with Gasteiger partial charge >= 0.3 is 5.97 Å². The van der Waals surface area contributed by atoms with E-state index < -0.39 is 12.1 Å². The van der Waals surface area contributed by atoms with E-state index in [4.69, 9.17) is 9.84 Å². The number of aliphatic carboxylic acids is 1. The number of carboxylic acids is 1. The molecule has 0 aliphatic rings. The number of ether oxygens (including phenoxy) is 1. The van der Waals surface area contributed by atoms with Gasteiger partial charge in [-0.05, 0) is 25.2 Å². The molecule has 1 atom stereocenters. The maximum absolute atomic E-state index is 11.4. The molecule has 5 heteroatoms. The van der Waals surface area contributed by atoms with E-state index >= 15 is 0 Å². The first-order valence-corrected chi connectivity index (χ1v) is 5.81. The summed E-state index contributed by atoms with van der Waals surface area (Å²) in [7, 11) is 1.49. The zero-order valence-corrected chi connectivity index (χ0v) is 11.1. The van der Waals surface area contributed by atoms with Crippen molar-refractivity contribution in [3.63, 3.8) is 0 Å². The summed E-state index contributed by atoms with van der Waals surface area (Å²) in [5.74, 6) is -0.920. The van der Waals surface area contributed by atoms with E-state index in [1.807, 2.05) is 13.8 Å². The third kappa shape index (κ3) is 7.74. The first-order chi connectivity index (χ1) is 7.78. The van der Waals surface area contributed by atoms with Crippen LogP contribution in [0.2, 0.25) is 0 Å². The van der Waals surface area contributed by atoms with Crippen LogP contribution in [-0.2, 0) is 14.3 Å². The molecule has 1 amide bonds. The van der Waals surface area contributed by atoms with Gasteiger partial charge in [0, 0.05) is 20.1 Å². The highest BCUT2D eigenvalue weighted by Gasteiger charge is 2.19. The molecule has 0 spiro atoms. The average molecular weight is 245 g/mol. The van der Waals surface area contributed by atoms with Gasteiger partial charge in [0.25, 0.3) is 0 Å². The average Bonchev–Trinajstić information content (AvgIpc) is 2.25. The Bertz CT molecular complexity index is 263. The highest BCUT2D eigenvalue weighted by atomic mass is 16.5. The van der Waals surface area contributed by atoms with Crippen LogP contribution in [0.4, 0.5) is 0 Å². The van der Waals surface area contributed by atoms with Crippen molar-refractivity contribution in [1.82, 2.24) is 5.32 Å². The lowest BCUT2D eigenvalue weighted by atomic mass is 9.84. The Morgan fingerprint density at radius 2 is 1.94 bits per heavy atom. The van der Waals surface area contributed by atoms with E-state index in [9.17, 15) is 9.59 Å². The molecule has 0 radical (unpaired) electrons. The van der Waals surface area contributed by atoms with Crippen molar-refractivity contribution in [2.24, 2.45) is 5.41 Å². The lowest BCUT2D eigenvalue weighted by molar-refractivity contribution is -0.137. The Labute approximate surface area is 103 Å². The molecule has 17 heavy (non-hydrogen) atoms. The summed E-state index contributed by atoms with van der Waals surface area (Å²) < 4.78 is 4.88. The molecular weight excluding hydrogens is 222 g/mol. The van der Waals surface area contributed by atoms with Crippen LogP contribution in [0.25, 0.3) is 0 Å². The fourth-order valence-corrected chi connectivity index (χ4v) is 1.35. The number of methoxy groups -OCH3 is 1. The Hall–Kier alpha value is -1.10. The van der Waals surface area contributed by atoms with E-state index in [0.29, 0.717) is 13.0 Å². The summed E-state index contributed by atoms with van der Waals surface area (Å²) in [6.45, 7) is 6.23. The molecule has 100 valence electrons. The molecule has 0 heterocycles. The monoisotopic (exact) mass is 245 g/mol. The first-order valence-electron chi connectivity index (χ1n) is 5.81. The maximum atomic E-state index is 11.4. The lowest BCUT2D eigenvalue weighted by Crippen LogP contribution is -2.35. The SMILES string of the molecule is COC(C)C(=O)NCCC(C)(C)CCC(=O)O. The maximum Gasteiger partial charge on any atom is 0.303 e. The van der Waals surface area contributed by atoms with Gasteiger partial charge in [-0.1, -0.05) is 13.8 Å². The predicted octanol–water partition coefficient (Wildman–Crippen LogP) is 1.42. The van der Waals surface area contributed by atoms with Crippen LogP contribution in [0.5, 0.6) is 0 Å². The topological polar surface area (TPSA) is 75.6 Å². The molecule has 2 N–H and O–H groups in total. The van der Waals surface area contributed by atoms with Crippen molar-refractivity contribution in [2.75, 3.05) is 13.7 Å². The van der Waals surface area contributed by atoms with E-state index in [2.05, 4.69) is 5.32 Å². The Morgan fingerprint density at radius 3 is 2.41 bits per heavy atom. The van der Waals surface area contributed by atoms with Crippen molar-refractivity contribution in [1.29, 1.82) is 0 Å². The third-order valence-electron chi connectivity index (χ3n) is 2.84. The van der Waals surface area contributed by atoms with Crippen LogP contribution in [0.3, 0.4) is 0 Å². The van der Waals surface area contributed by atoms with Gasteiger partial charge in [-0.3, -0.25) is 9.59 Å². The predicted molar refractivity (Wildman–Crippen MR) is 64.7 cm³/mol. The van der Waals surface area contributed by atoms with Crippen molar-refractivity contribution in [2.45, 2.75) is 46.1 Å². The molecule has 0 fully saturated rings. The van der Waals surface area contributed by atoms with Gasteiger partial charge in [-0.2, -0.15) is 0 Å². The fourth-order valence-electron chi connectivity index (χ4n) is 1.35. The summed E-state index contributed by atoms with van der Waals surface area (Å²) in [5.41, 5.74) is -0.0814. The van der Waals surface area contributed by atoms with Crippen molar-refractivity contribution >= 4 is 11.9 Å². The minimum Gasteiger partial charge on any atom is -0.481 e. The zero-order chi connectivity index (χ0) is 13.5. The molecule has 0 aromatic carbocycles. The molecule has 1 unspecified atom stereocenters. The summed E-state index contributed by atoms with van der Waals surface area (Å²) in [6.07, 6.45) is 1.08. The van der Waals surface area contributed by atoms with Crippen LogP contribution in [0.15, 0.2) is 0 Å². The normalized spacial score (nSPS) is 13.2. The molecule has 0 saturated heterocycles. The minimum atomic E-state index is -0.782. The van der Waals surface area contributed by atoms with E-state index in [-0.39, 0.29) is 17.7 Å². The highest BCUT2D eigenvalue weighted by molar-refractivity contribution is 5.80. The summed E-state index contributed by atoms with van der Waals surface area (Å²) >= 11 is 0.